The second-order valence-corrected chi connectivity index (χ2v) is 17.9. The fourth-order valence-corrected chi connectivity index (χ4v) is 12.0. The average molecular weight is 801 g/mol. The number of rotatable bonds is 8. The molecule has 0 aromatic heterocycles. The molecule has 0 aromatic rings. The molecule has 0 aromatic carbocycles. The summed E-state index contributed by atoms with van der Waals surface area (Å²) in [5, 5.41) is 12.8. The third kappa shape index (κ3) is 6.19. The molecular formula is C42H56O15. The van der Waals surface area contributed by atoms with Crippen LogP contribution in [-0.2, 0) is 66.7 Å². The van der Waals surface area contributed by atoms with E-state index < -0.39 is 107 Å². The molecule has 314 valence electrons. The highest BCUT2D eigenvalue weighted by atomic mass is 16.7. The molecule has 3 saturated carbocycles. The van der Waals surface area contributed by atoms with Gasteiger partial charge in [-0.15, -0.1) is 0 Å². The van der Waals surface area contributed by atoms with Crippen molar-refractivity contribution >= 4 is 35.6 Å². The summed E-state index contributed by atoms with van der Waals surface area (Å²) in [7, 11) is 0. The highest BCUT2D eigenvalue weighted by Gasteiger charge is 2.84. The highest BCUT2D eigenvalue weighted by molar-refractivity contribution is 5.90. The number of cyclic esters (lactones) is 1. The lowest BCUT2D eigenvalue weighted by Crippen LogP contribution is -2.64. The van der Waals surface area contributed by atoms with Crippen LogP contribution >= 0.6 is 0 Å². The van der Waals surface area contributed by atoms with Crippen LogP contribution in [0, 0.1) is 22.7 Å². The van der Waals surface area contributed by atoms with Crippen molar-refractivity contribution in [1.29, 1.82) is 0 Å². The molecule has 5 fully saturated rings. The fraction of sp³-hybridized carbons (Fsp3) is 0.762. The Kier molecular flexibility index (Phi) is 10.4. The molecule has 0 spiro atoms. The molecule has 1 N–H and O–H groups in total. The second kappa shape index (κ2) is 14.3. The van der Waals surface area contributed by atoms with Crippen molar-refractivity contribution < 1.29 is 71.8 Å². The molecule has 14 atom stereocenters. The van der Waals surface area contributed by atoms with Crippen LogP contribution in [0.4, 0.5) is 0 Å². The number of carbonyl (C=O) groups is 6. The lowest BCUT2D eigenvalue weighted by Gasteiger charge is -2.60. The number of hydrogen-bond acceptors (Lipinski definition) is 15. The van der Waals surface area contributed by atoms with Crippen molar-refractivity contribution in [1.82, 2.24) is 0 Å². The van der Waals surface area contributed by atoms with Crippen LogP contribution < -0.4 is 0 Å². The van der Waals surface area contributed by atoms with E-state index in [1.807, 2.05) is 20.8 Å². The first kappa shape index (κ1) is 41.5. The van der Waals surface area contributed by atoms with E-state index >= 15 is 0 Å². The monoisotopic (exact) mass is 800 g/mol. The summed E-state index contributed by atoms with van der Waals surface area (Å²) in [4.78, 5) is 76.3. The van der Waals surface area contributed by atoms with Gasteiger partial charge in [0, 0.05) is 51.5 Å². The average Bonchev–Trinajstić information content (AvgIpc) is 3.44. The van der Waals surface area contributed by atoms with E-state index in [1.165, 1.54) is 6.92 Å². The number of hydrogen-bond donors (Lipinski definition) is 1. The number of Topliss-reactive ketones (excluding diaryl/α,β-unsaturated/α-hetero) is 1. The summed E-state index contributed by atoms with van der Waals surface area (Å²) in [5.74, 6) is -3.53. The maximum atomic E-state index is 14.7. The number of fused-ring (bicyclic) bond motifs is 3. The maximum Gasteiger partial charge on any atom is 0.334 e. The summed E-state index contributed by atoms with van der Waals surface area (Å²) in [6.45, 7) is 13.9. The predicted molar refractivity (Wildman–Crippen MR) is 195 cm³/mol. The van der Waals surface area contributed by atoms with Gasteiger partial charge in [0.2, 0.25) is 0 Å². The van der Waals surface area contributed by atoms with E-state index in [1.54, 1.807) is 6.92 Å². The first-order valence-electron chi connectivity index (χ1n) is 20.1. The van der Waals surface area contributed by atoms with Crippen LogP contribution in [0.3, 0.4) is 0 Å². The van der Waals surface area contributed by atoms with E-state index in [0.717, 1.165) is 31.9 Å². The summed E-state index contributed by atoms with van der Waals surface area (Å²) in [5.41, 5.74) is -2.28. The largest absolute Gasteiger partial charge is 0.463 e. The van der Waals surface area contributed by atoms with Gasteiger partial charge >= 0.3 is 29.8 Å². The van der Waals surface area contributed by atoms with Gasteiger partial charge in [-0.05, 0) is 78.1 Å². The molecule has 15 heteroatoms. The summed E-state index contributed by atoms with van der Waals surface area (Å²) >= 11 is 0. The van der Waals surface area contributed by atoms with Crippen molar-refractivity contribution in [3.05, 3.63) is 22.8 Å². The van der Waals surface area contributed by atoms with Crippen LogP contribution in [0.2, 0.25) is 0 Å². The minimum atomic E-state index is -1.41. The Hall–Kier alpha value is -3.66. The predicted octanol–water partition coefficient (Wildman–Crippen LogP) is 3.89. The van der Waals surface area contributed by atoms with E-state index in [2.05, 4.69) is 13.0 Å². The molecule has 57 heavy (non-hydrogen) atoms. The lowest BCUT2D eigenvalue weighted by molar-refractivity contribution is -0.317. The SMILES string of the molecule is CC(=O)OC[C@H]1O[C@@H](O[C@H]2CC(=O)[C@@]3(C)C(=CC[C@@H]4[C@@H]3CC[C@]3(C)[C@@]5(O)CC[C@@]43O[C@]5(C)[C@H]3CC(C)=C(C)C(=O)O3)C2)[C@H](OC(C)=O)[C@@H](OC(C)=O)[C@@H]1OC(C)=O. The number of carbonyl (C=O) groups excluding carboxylic acids is 6. The van der Waals surface area contributed by atoms with Crippen LogP contribution in [-0.4, -0.2) is 107 Å². The Morgan fingerprint density at radius 1 is 0.825 bits per heavy atom. The van der Waals surface area contributed by atoms with Crippen LogP contribution in [0.15, 0.2) is 22.8 Å². The fourth-order valence-electron chi connectivity index (χ4n) is 12.0. The van der Waals surface area contributed by atoms with Gasteiger partial charge in [0.1, 0.15) is 35.8 Å². The van der Waals surface area contributed by atoms with Gasteiger partial charge in [0.05, 0.1) is 17.1 Å². The van der Waals surface area contributed by atoms with Crippen LogP contribution in [0.1, 0.15) is 114 Å². The lowest BCUT2D eigenvalue weighted by atomic mass is 9.45. The molecule has 4 aliphatic carbocycles. The highest BCUT2D eigenvalue weighted by Crippen LogP contribution is 2.77. The quantitative estimate of drug-likeness (QED) is 0.211. The van der Waals surface area contributed by atoms with Gasteiger partial charge in [-0.3, -0.25) is 24.0 Å². The zero-order valence-corrected chi connectivity index (χ0v) is 34.3. The van der Waals surface area contributed by atoms with E-state index in [9.17, 15) is 33.9 Å². The number of aliphatic hydroxyl groups is 1. The maximum absolute atomic E-state index is 14.7. The summed E-state index contributed by atoms with van der Waals surface area (Å²) in [6.07, 6.45) is -2.22. The van der Waals surface area contributed by atoms with Crippen molar-refractivity contribution in [3.63, 3.8) is 0 Å². The molecule has 0 unspecified atom stereocenters. The minimum absolute atomic E-state index is 0.0142. The van der Waals surface area contributed by atoms with Gasteiger partial charge in [-0.2, -0.15) is 0 Å². The van der Waals surface area contributed by atoms with Crippen LogP contribution in [0.25, 0.3) is 0 Å². The second-order valence-electron chi connectivity index (χ2n) is 17.9. The summed E-state index contributed by atoms with van der Waals surface area (Å²) < 4.78 is 47.8. The van der Waals surface area contributed by atoms with Gasteiger partial charge < -0.3 is 43.0 Å². The molecule has 0 amide bonds. The van der Waals surface area contributed by atoms with Crippen LogP contribution in [0.5, 0.6) is 0 Å². The first-order valence-corrected chi connectivity index (χ1v) is 20.1. The standard InChI is InChI=1S/C42H56O15/c1-20-16-32(56-36(48)21(20)2)40(9)42(49)15-14-41(57-40)29-11-10-26-17-27(18-31(47)39(26,8)28(29)12-13-38(41,42)7)54-37-35(53-25(6)46)34(52-24(5)45)33(51-23(4)44)30(55-37)19-50-22(3)43/h10,27-30,32-35,37,49H,11-19H2,1-9H3/t27-,28+,29-,30-,32-,33-,34+,35-,37-,38+,39+,40-,41-,42+/m1/s1. The normalized spacial score (nSPS) is 44.8. The van der Waals surface area contributed by atoms with Crippen molar-refractivity contribution in [2.75, 3.05) is 6.61 Å². The number of allylic oxidation sites excluding steroid dienone is 1. The molecule has 15 nitrogen and oxygen atoms in total. The van der Waals surface area contributed by atoms with Gasteiger partial charge in [-0.25, -0.2) is 4.79 Å². The Bertz CT molecular complexity index is 1820. The topological polar surface area (TPSA) is 196 Å². The molecule has 0 radical (unpaired) electrons. The number of ketones is 1. The first-order chi connectivity index (χ1) is 26.6. The van der Waals surface area contributed by atoms with Crippen molar-refractivity contribution in [2.24, 2.45) is 22.7 Å². The Morgan fingerprint density at radius 2 is 1.47 bits per heavy atom. The van der Waals surface area contributed by atoms with Gasteiger partial charge in [0.25, 0.3) is 0 Å². The molecule has 3 aliphatic heterocycles. The third-order valence-electron chi connectivity index (χ3n) is 15.0. The molecule has 2 bridgehead atoms. The molecular weight excluding hydrogens is 744 g/mol. The van der Waals surface area contributed by atoms with E-state index in [4.69, 9.17) is 37.9 Å². The zero-order chi connectivity index (χ0) is 41.6. The number of ether oxygens (including phenoxy) is 8. The van der Waals surface area contributed by atoms with Gasteiger partial charge in [-0.1, -0.05) is 24.1 Å². The van der Waals surface area contributed by atoms with Gasteiger partial charge in [0.15, 0.2) is 24.6 Å². The third-order valence-corrected chi connectivity index (χ3v) is 15.0. The Balaban J connectivity index is 1.17. The Morgan fingerprint density at radius 3 is 2.11 bits per heavy atom. The Labute approximate surface area is 332 Å². The molecule has 7 rings (SSSR count). The number of esters is 5. The molecule has 2 saturated heterocycles. The van der Waals surface area contributed by atoms with E-state index in [0.29, 0.717) is 50.5 Å². The van der Waals surface area contributed by atoms with Crippen molar-refractivity contribution in [3.8, 4) is 0 Å². The van der Waals surface area contributed by atoms with E-state index in [-0.39, 0.29) is 24.0 Å². The zero-order valence-electron chi connectivity index (χ0n) is 34.3. The van der Waals surface area contributed by atoms with Crippen molar-refractivity contribution in [2.45, 2.75) is 173 Å². The molecule has 3 heterocycles. The minimum Gasteiger partial charge on any atom is -0.463 e. The molecule has 7 aliphatic rings. The summed E-state index contributed by atoms with van der Waals surface area (Å²) in [6, 6.07) is 0. The smallest absolute Gasteiger partial charge is 0.334 e.